The Labute approximate surface area is 156 Å². The Morgan fingerprint density at radius 1 is 0.889 bits per heavy atom. The van der Waals surface area contributed by atoms with Crippen molar-refractivity contribution in [1.29, 1.82) is 0 Å². The molecule has 0 fully saturated rings. The van der Waals surface area contributed by atoms with Crippen molar-refractivity contribution in [3.05, 3.63) is 72.2 Å². The maximum absolute atomic E-state index is 13.4. The second-order valence-corrected chi connectivity index (χ2v) is 6.36. The van der Waals surface area contributed by atoms with Crippen LogP contribution in [0, 0.1) is 12.7 Å². The molecule has 0 radical (unpaired) electrons. The predicted octanol–water partition coefficient (Wildman–Crippen LogP) is 4.24. The summed E-state index contributed by atoms with van der Waals surface area (Å²) in [6, 6.07) is 16.2. The van der Waals surface area contributed by atoms with Crippen molar-refractivity contribution in [1.82, 2.24) is 19.5 Å². The molecule has 5 nitrogen and oxygen atoms in total. The molecule has 6 heteroatoms. The highest BCUT2D eigenvalue weighted by Crippen LogP contribution is 2.34. The average molecular weight is 359 g/mol. The molecule has 0 aliphatic heterocycles. The molecular formula is C21H18FN5. The fourth-order valence-electron chi connectivity index (χ4n) is 3.07. The molecule has 0 atom stereocenters. The molecule has 0 bridgehead atoms. The van der Waals surface area contributed by atoms with Crippen molar-refractivity contribution in [2.24, 2.45) is 7.05 Å². The molecule has 0 aliphatic rings. The highest BCUT2D eigenvalue weighted by Gasteiger charge is 2.20. The van der Waals surface area contributed by atoms with Gasteiger partial charge in [-0.1, -0.05) is 29.8 Å². The highest BCUT2D eigenvalue weighted by atomic mass is 19.1. The van der Waals surface area contributed by atoms with E-state index in [1.165, 1.54) is 17.7 Å². The summed E-state index contributed by atoms with van der Waals surface area (Å²) in [4.78, 5) is 13.2. The highest BCUT2D eigenvalue weighted by molar-refractivity contribution is 5.80. The number of halogens is 1. The number of nitrogens with zero attached hydrogens (tertiary/aromatic N) is 4. The van der Waals surface area contributed by atoms with Gasteiger partial charge in [-0.25, -0.2) is 19.3 Å². The summed E-state index contributed by atoms with van der Waals surface area (Å²) in [6.07, 6.45) is 1.62. The summed E-state index contributed by atoms with van der Waals surface area (Å²) in [5.41, 5.74) is 10.9. The van der Waals surface area contributed by atoms with Gasteiger partial charge in [-0.05, 0) is 37.3 Å². The van der Waals surface area contributed by atoms with E-state index < -0.39 is 0 Å². The van der Waals surface area contributed by atoms with E-state index in [-0.39, 0.29) is 11.8 Å². The van der Waals surface area contributed by atoms with Crippen LogP contribution in [-0.2, 0) is 7.05 Å². The van der Waals surface area contributed by atoms with E-state index >= 15 is 0 Å². The van der Waals surface area contributed by atoms with Gasteiger partial charge in [0, 0.05) is 24.4 Å². The Balaban J connectivity index is 1.97. The molecule has 0 saturated heterocycles. The number of hydrogen-bond acceptors (Lipinski definition) is 4. The molecule has 4 rings (SSSR count). The van der Waals surface area contributed by atoms with Crippen LogP contribution in [-0.4, -0.2) is 19.5 Å². The van der Waals surface area contributed by atoms with Crippen molar-refractivity contribution in [3.8, 4) is 34.0 Å². The van der Waals surface area contributed by atoms with Gasteiger partial charge in [-0.3, -0.25) is 0 Å². The first-order valence-corrected chi connectivity index (χ1v) is 8.51. The SMILES string of the molecule is Cc1ccc(-c2nc(-c3ccc(F)cc3)c(-c3ccnc(N)n3)n2C)cc1. The molecule has 2 aromatic carbocycles. The van der Waals surface area contributed by atoms with Crippen LogP contribution in [0.3, 0.4) is 0 Å². The van der Waals surface area contributed by atoms with Crippen LogP contribution in [0.15, 0.2) is 60.8 Å². The Hall–Kier alpha value is -3.54. The Morgan fingerprint density at radius 3 is 2.22 bits per heavy atom. The quantitative estimate of drug-likeness (QED) is 0.594. The van der Waals surface area contributed by atoms with Crippen molar-refractivity contribution in [2.45, 2.75) is 6.92 Å². The number of aryl methyl sites for hydroxylation is 1. The first kappa shape index (κ1) is 16.9. The van der Waals surface area contributed by atoms with E-state index in [9.17, 15) is 4.39 Å². The molecule has 2 N–H and O–H groups in total. The zero-order valence-electron chi connectivity index (χ0n) is 15.0. The third kappa shape index (κ3) is 3.17. The van der Waals surface area contributed by atoms with Crippen molar-refractivity contribution >= 4 is 5.95 Å². The van der Waals surface area contributed by atoms with Gasteiger partial charge in [0.15, 0.2) is 0 Å². The maximum Gasteiger partial charge on any atom is 0.220 e. The molecule has 2 heterocycles. The summed E-state index contributed by atoms with van der Waals surface area (Å²) in [7, 11) is 1.93. The number of imidazole rings is 1. The number of rotatable bonds is 3. The molecule has 0 unspecified atom stereocenters. The molecular weight excluding hydrogens is 341 g/mol. The lowest BCUT2D eigenvalue weighted by Crippen LogP contribution is -2.00. The minimum atomic E-state index is -0.290. The third-order valence-corrected chi connectivity index (χ3v) is 4.44. The number of hydrogen-bond donors (Lipinski definition) is 1. The molecule has 0 aliphatic carbocycles. The summed E-state index contributed by atoms with van der Waals surface area (Å²) in [6.45, 7) is 2.04. The van der Waals surface area contributed by atoms with Crippen molar-refractivity contribution in [2.75, 3.05) is 5.73 Å². The van der Waals surface area contributed by atoms with E-state index in [1.807, 2.05) is 42.8 Å². The lowest BCUT2D eigenvalue weighted by molar-refractivity contribution is 0.628. The summed E-state index contributed by atoms with van der Waals surface area (Å²) >= 11 is 0. The monoisotopic (exact) mass is 359 g/mol. The van der Waals surface area contributed by atoms with Gasteiger partial charge < -0.3 is 10.3 Å². The van der Waals surface area contributed by atoms with Gasteiger partial charge in [0.2, 0.25) is 5.95 Å². The van der Waals surface area contributed by atoms with Crippen LogP contribution >= 0.6 is 0 Å². The molecule has 2 aromatic heterocycles. The van der Waals surface area contributed by atoms with Gasteiger partial charge in [0.25, 0.3) is 0 Å². The summed E-state index contributed by atoms with van der Waals surface area (Å²) in [5.74, 6) is 0.693. The smallest absolute Gasteiger partial charge is 0.220 e. The van der Waals surface area contributed by atoms with Crippen LogP contribution < -0.4 is 5.73 Å². The lowest BCUT2D eigenvalue weighted by Gasteiger charge is -2.08. The zero-order valence-corrected chi connectivity index (χ0v) is 15.0. The van der Waals surface area contributed by atoms with E-state index in [4.69, 9.17) is 10.7 Å². The van der Waals surface area contributed by atoms with E-state index in [0.29, 0.717) is 11.4 Å². The number of benzene rings is 2. The van der Waals surface area contributed by atoms with Crippen LogP contribution in [0.1, 0.15) is 5.56 Å². The zero-order chi connectivity index (χ0) is 19.0. The van der Waals surface area contributed by atoms with Gasteiger partial charge in [0.1, 0.15) is 11.6 Å². The van der Waals surface area contributed by atoms with Crippen LogP contribution in [0.4, 0.5) is 10.3 Å². The van der Waals surface area contributed by atoms with E-state index in [1.54, 1.807) is 24.4 Å². The molecule has 0 amide bonds. The molecule has 134 valence electrons. The molecule has 27 heavy (non-hydrogen) atoms. The predicted molar refractivity (Wildman–Crippen MR) is 104 cm³/mol. The van der Waals surface area contributed by atoms with E-state index in [0.717, 1.165) is 22.6 Å². The number of aromatic nitrogens is 4. The Kier molecular flexibility index (Phi) is 4.16. The van der Waals surface area contributed by atoms with Crippen LogP contribution in [0.25, 0.3) is 34.0 Å². The Morgan fingerprint density at radius 2 is 1.56 bits per heavy atom. The second kappa shape index (κ2) is 6.64. The normalized spacial score (nSPS) is 10.9. The number of anilines is 1. The van der Waals surface area contributed by atoms with Crippen molar-refractivity contribution in [3.63, 3.8) is 0 Å². The Bertz CT molecular complexity index is 1100. The van der Waals surface area contributed by atoms with Crippen molar-refractivity contribution < 1.29 is 4.39 Å². The molecule has 4 aromatic rings. The molecule has 0 saturated carbocycles. The maximum atomic E-state index is 13.4. The summed E-state index contributed by atoms with van der Waals surface area (Å²) in [5, 5.41) is 0. The van der Waals surface area contributed by atoms with Gasteiger partial charge in [-0.15, -0.1) is 0 Å². The van der Waals surface area contributed by atoms with Crippen LogP contribution in [0.5, 0.6) is 0 Å². The first-order valence-electron chi connectivity index (χ1n) is 8.51. The largest absolute Gasteiger partial charge is 0.368 e. The number of nitrogen functional groups attached to an aromatic ring is 1. The fourth-order valence-corrected chi connectivity index (χ4v) is 3.07. The summed E-state index contributed by atoms with van der Waals surface area (Å²) < 4.78 is 15.4. The minimum Gasteiger partial charge on any atom is -0.368 e. The number of nitrogens with two attached hydrogens (primary N) is 1. The van der Waals surface area contributed by atoms with Gasteiger partial charge in [0.05, 0.1) is 17.1 Å². The van der Waals surface area contributed by atoms with Gasteiger partial charge in [-0.2, -0.15) is 0 Å². The standard InChI is InChI=1S/C21H18FN5/c1-13-3-5-15(6-4-13)20-26-18(14-7-9-16(22)10-8-14)19(27(20)2)17-11-12-24-21(23)25-17/h3-12H,1-2H3,(H2,23,24,25). The van der Waals surface area contributed by atoms with Gasteiger partial charge >= 0.3 is 0 Å². The van der Waals surface area contributed by atoms with E-state index in [2.05, 4.69) is 9.97 Å². The molecule has 0 spiro atoms. The third-order valence-electron chi connectivity index (χ3n) is 4.44. The topological polar surface area (TPSA) is 69.6 Å². The van der Waals surface area contributed by atoms with Crippen LogP contribution in [0.2, 0.25) is 0 Å². The minimum absolute atomic E-state index is 0.190. The first-order chi connectivity index (χ1) is 13.0. The second-order valence-electron chi connectivity index (χ2n) is 6.36. The average Bonchev–Trinajstić information content (AvgIpc) is 3.00. The fraction of sp³-hybridized carbons (Fsp3) is 0.0952. The lowest BCUT2D eigenvalue weighted by atomic mass is 10.1.